The molecule has 12 nitrogen and oxygen atoms in total. The highest BCUT2D eigenvalue weighted by atomic mass is 19.1. The second-order valence-corrected chi connectivity index (χ2v) is 16.7. The molecule has 4 aliphatic rings. The monoisotopic (exact) mass is 795 g/mol. The van der Waals surface area contributed by atoms with E-state index in [1.54, 1.807) is 0 Å². The van der Waals surface area contributed by atoms with Crippen LogP contribution in [0, 0.1) is 6.92 Å². The molecule has 7 rings (SSSR count). The zero-order valence-electron chi connectivity index (χ0n) is 34.4. The zero-order chi connectivity index (χ0) is 41.5. The van der Waals surface area contributed by atoms with Gasteiger partial charge < -0.3 is 43.0 Å². The molecule has 10 atom stereocenters. The Hall–Kier alpha value is -3.82. The molecule has 5 heterocycles. The zero-order valence-corrected chi connectivity index (χ0v) is 34.4. The summed E-state index contributed by atoms with van der Waals surface area (Å²) in [6, 6.07) is 23.2. The number of halogens is 1. The molecule has 0 spiro atoms. The van der Waals surface area contributed by atoms with Gasteiger partial charge in [-0.1, -0.05) is 102 Å². The van der Waals surface area contributed by atoms with Crippen molar-refractivity contribution in [3.8, 4) is 0 Å². The number of rotatable bonds is 4. The number of alkyl halides is 1. The lowest BCUT2D eigenvalue weighted by Crippen LogP contribution is -2.59. The number of hydrogen-bond donors (Lipinski definition) is 1. The van der Waals surface area contributed by atoms with Crippen LogP contribution in [0.15, 0.2) is 72.8 Å². The second-order valence-electron chi connectivity index (χ2n) is 16.7. The summed E-state index contributed by atoms with van der Waals surface area (Å²) in [6.45, 7) is 18.7. The summed E-state index contributed by atoms with van der Waals surface area (Å²) in [5.74, 6) is -0.982. The van der Waals surface area contributed by atoms with E-state index in [0.29, 0.717) is 6.61 Å². The molecular formula is C44H58FNO11. The first-order valence-electron chi connectivity index (χ1n) is 19.4. The minimum absolute atomic E-state index is 0.0185. The van der Waals surface area contributed by atoms with E-state index in [1.807, 2.05) is 60.7 Å². The predicted octanol–water partition coefficient (Wildman–Crippen LogP) is 6.55. The molecule has 4 fully saturated rings. The molecular weight excluding hydrogens is 737 g/mol. The third-order valence-corrected chi connectivity index (χ3v) is 9.74. The third-order valence-electron chi connectivity index (χ3n) is 9.74. The molecule has 3 aromatic rings. The Balaban J connectivity index is 0.000000166. The molecule has 0 saturated carbocycles. The highest BCUT2D eigenvalue weighted by Gasteiger charge is 2.48. The molecule has 4 saturated heterocycles. The van der Waals surface area contributed by atoms with Gasteiger partial charge in [0.25, 0.3) is 0 Å². The van der Waals surface area contributed by atoms with Gasteiger partial charge in [-0.05, 0) is 24.6 Å². The van der Waals surface area contributed by atoms with Crippen molar-refractivity contribution in [1.29, 1.82) is 0 Å². The number of esters is 2. The lowest BCUT2D eigenvalue weighted by atomic mass is 9.87. The highest BCUT2D eigenvalue weighted by Crippen LogP contribution is 2.35. The van der Waals surface area contributed by atoms with Gasteiger partial charge in [-0.2, -0.15) is 0 Å². The van der Waals surface area contributed by atoms with Gasteiger partial charge >= 0.3 is 11.9 Å². The number of aryl methyl sites for hydroxylation is 1. The molecule has 2 unspecified atom stereocenters. The normalized spacial score (nSPS) is 29.8. The molecule has 4 aliphatic heterocycles. The van der Waals surface area contributed by atoms with Crippen LogP contribution < -0.4 is 0 Å². The molecule has 1 N–H and O–H groups in total. The Bertz CT molecular complexity index is 1620. The van der Waals surface area contributed by atoms with Crippen LogP contribution in [0.1, 0.15) is 96.0 Å². The van der Waals surface area contributed by atoms with Gasteiger partial charge in [0.2, 0.25) is 0 Å². The van der Waals surface area contributed by atoms with Crippen molar-refractivity contribution < 1.29 is 57.0 Å². The lowest BCUT2D eigenvalue weighted by Gasteiger charge is -2.44. The molecule has 57 heavy (non-hydrogen) atoms. The van der Waals surface area contributed by atoms with Crippen LogP contribution in [0.4, 0.5) is 4.39 Å². The first-order chi connectivity index (χ1) is 26.9. The summed E-state index contributed by atoms with van der Waals surface area (Å²) in [5, 5.41) is 10.3. The van der Waals surface area contributed by atoms with Gasteiger partial charge in [0.05, 0.1) is 26.4 Å². The number of nitrogens with zero attached hydrogens (tertiary/aromatic N) is 1. The van der Waals surface area contributed by atoms with E-state index < -0.39 is 67.3 Å². The SMILES string of the molecule is CC(=O)O[C@H]1CO[C@@H]2COC(c3ccccc3)O[C@H]2[C@@H]1F.CC(=O)O[C@H]1CO[C@@H]2COC(c3ccccc3)O[C@H]2[C@H]1O.Cc1cc(C(C)(C)C)nc(C(C)(C)C)c1. The maximum Gasteiger partial charge on any atom is 0.303 e. The van der Waals surface area contributed by atoms with Crippen molar-refractivity contribution in [2.24, 2.45) is 0 Å². The summed E-state index contributed by atoms with van der Waals surface area (Å²) >= 11 is 0. The number of benzene rings is 2. The Kier molecular flexibility index (Phi) is 15.0. The second kappa shape index (κ2) is 19.3. The Morgan fingerprint density at radius 1 is 0.667 bits per heavy atom. The van der Waals surface area contributed by atoms with Crippen molar-refractivity contribution >= 4 is 11.9 Å². The Morgan fingerprint density at radius 3 is 1.54 bits per heavy atom. The van der Waals surface area contributed by atoms with Crippen LogP contribution in [-0.2, 0) is 58.3 Å². The fraction of sp³-hybridized carbons (Fsp3) is 0.568. The summed E-state index contributed by atoms with van der Waals surface area (Å²) < 4.78 is 58.2. The minimum atomic E-state index is -1.43. The summed E-state index contributed by atoms with van der Waals surface area (Å²) in [4.78, 5) is 26.8. The van der Waals surface area contributed by atoms with Crippen molar-refractivity contribution in [2.45, 2.75) is 135 Å². The summed E-state index contributed by atoms with van der Waals surface area (Å²) in [6.07, 6.45) is -7.41. The number of hydrogen-bond acceptors (Lipinski definition) is 12. The number of carbonyl (C=O) groups excluding carboxylic acids is 2. The number of ether oxygens (including phenoxy) is 8. The third kappa shape index (κ3) is 12.1. The van der Waals surface area contributed by atoms with E-state index in [1.165, 1.54) is 30.8 Å². The molecule has 13 heteroatoms. The fourth-order valence-corrected chi connectivity index (χ4v) is 6.65. The first-order valence-corrected chi connectivity index (χ1v) is 19.4. The number of aromatic nitrogens is 1. The number of pyridine rings is 1. The number of aliphatic hydroxyl groups excluding tert-OH is 1. The fourth-order valence-electron chi connectivity index (χ4n) is 6.65. The molecule has 312 valence electrons. The van der Waals surface area contributed by atoms with Gasteiger partial charge in [-0.3, -0.25) is 14.6 Å². The Labute approximate surface area is 335 Å². The molecule has 0 radical (unpaired) electrons. The maximum atomic E-state index is 14.5. The van der Waals surface area contributed by atoms with Crippen LogP contribution in [-0.4, -0.2) is 97.4 Å². The van der Waals surface area contributed by atoms with Gasteiger partial charge in [0.1, 0.15) is 30.5 Å². The minimum Gasteiger partial charge on any atom is -0.457 e. The lowest BCUT2D eigenvalue weighted by molar-refractivity contribution is -0.314. The van der Waals surface area contributed by atoms with E-state index in [9.17, 15) is 19.1 Å². The number of aliphatic hydroxyl groups is 1. The topological polar surface area (TPSA) is 141 Å². The summed E-state index contributed by atoms with van der Waals surface area (Å²) in [5.41, 5.74) is 5.63. The first kappa shape index (κ1) is 44.3. The molecule has 0 aliphatic carbocycles. The Morgan fingerprint density at radius 2 is 1.09 bits per heavy atom. The average molecular weight is 796 g/mol. The quantitative estimate of drug-likeness (QED) is 0.287. The van der Waals surface area contributed by atoms with Gasteiger partial charge in [0.15, 0.2) is 31.0 Å². The smallest absolute Gasteiger partial charge is 0.303 e. The number of fused-ring (bicyclic) bond motifs is 2. The predicted molar refractivity (Wildman–Crippen MR) is 208 cm³/mol. The van der Waals surface area contributed by atoms with Crippen LogP contribution in [0.25, 0.3) is 0 Å². The van der Waals surface area contributed by atoms with E-state index in [-0.39, 0.29) is 36.8 Å². The van der Waals surface area contributed by atoms with Gasteiger partial charge in [0, 0.05) is 47.2 Å². The van der Waals surface area contributed by atoms with Crippen molar-refractivity contribution in [1.82, 2.24) is 4.98 Å². The van der Waals surface area contributed by atoms with Crippen molar-refractivity contribution in [3.05, 3.63) is 101 Å². The highest BCUT2D eigenvalue weighted by molar-refractivity contribution is 5.66. The van der Waals surface area contributed by atoms with Crippen molar-refractivity contribution in [3.63, 3.8) is 0 Å². The van der Waals surface area contributed by atoms with Crippen LogP contribution >= 0.6 is 0 Å². The largest absolute Gasteiger partial charge is 0.457 e. The molecule has 2 aromatic carbocycles. The average Bonchev–Trinajstić information content (AvgIpc) is 3.17. The van der Waals surface area contributed by atoms with E-state index in [4.69, 9.17) is 42.9 Å². The molecule has 0 amide bonds. The summed E-state index contributed by atoms with van der Waals surface area (Å²) in [7, 11) is 0. The maximum absolute atomic E-state index is 14.5. The van der Waals surface area contributed by atoms with Crippen LogP contribution in [0.2, 0.25) is 0 Å². The van der Waals surface area contributed by atoms with Crippen LogP contribution in [0.3, 0.4) is 0 Å². The van der Waals surface area contributed by atoms with Crippen molar-refractivity contribution in [2.75, 3.05) is 26.4 Å². The van der Waals surface area contributed by atoms with E-state index in [0.717, 1.165) is 11.1 Å². The van der Waals surface area contributed by atoms with Gasteiger partial charge in [-0.15, -0.1) is 0 Å². The number of carbonyl (C=O) groups is 2. The molecule has 1 aromatic heterocycles. The molecule has 0 bridgehead atoms. The van der Waals surface area contributed by atoms with E-state index >= 15 is 0 Å². The van der Waals surface area contributed by atoms with E-state index in [2.05, 4.69) is 60.6 Å². The van der Waals surface area contributed by atoms with Crippen LogP contribution in [0.5, 0.6) is 0 Å². The standard InChI is InChI=1S/C15H17FO5.C15H18O6.C14H23N/c1-9(17)20-11-7-18-12-8-19-15(21-14(12)13(11)16)10-5-3-2-4-6-10;1-9(16)20-11-7-18-12-8-19-15(21-14(12)13(11)17)10-5-3-2-4-6-10;1-10-8-11(13(2,3)4)15-12(9-10)14(5,6)7/h2-6,11-15H,7-8H2,1H3;2-6,11-15,17H,7-8H2,1H3;8-9H,1-7H3/t11-,12+,13+,14+,15?;11-,12+,13-,14+,15?;/m00./s1. The van der Waals surface area contributed by atoms with Gasteiger partial charge in [-0.25, -0.2) is 4.39 Å².